The second kappa shape index (κ2) is 9.78. The van der Waals surface area contributed by atoms with Crippen LogP contribution < -0.4 is 4.90 Å². The summed E-state index contributed by atoms with van der Waals surface area (Å²) in [6.07, 6.45) is 5.92. The van der Waals surface area contributed by atoms with Crippen molar-refractivity contribution in [1.29, 1.82) is 0 Å². The van der Waals surface area contributed by atoms with Crippen LogP contribution in [0.2, 0.25) is 0 Å². The SMILES string of the molecule is CC1CN(c2ccc(-c3nnco3)cn2)CC(C)N1CC(=O)N1CCc2nn(-c3ccccc3)cc2C1. The van der Waals surface area contributed by atoms with Gasteiger partial charge in [-0.15, -0.1) is 10.2 Å². The van der Waals surface area contributed by atoms with Gasteiger partial charge in [-0.1, -0.05) is 18.2 Å². The number of piperazine rings is 1. The molecular weight excluding hydrogens is 468 g/mol. The fourth-order valence-corrected chi connectivity index (χ4v) is 5.35. The summed E-state index contributed by atoms with van der Waals surface area (Å²) in [5.74, 6) is 1.54. The molecule has 0 spiro atoms. The molecule has 1 aromatic carbocycles. The zero-order chi connectivity index (χ0) is 25.4. The lowest BCUT2D eigenvalue weighted by atomic mass is 10.1. The molecule has 3 aromatic heterocycles. The van der Waals surface area contributed by atoms with Gasteiger partial charge in [0.1, 0.15) is 5.82 Å². The van der Waals surface area contributed by atoms with Crippen molar-refractivity contribution in [2.24, 2.45) is 0 Å². The van der Waals surface area contributed by atoms with E-state index in [-0.39, 0.29) is 18.0 Å². The molecule has 1 amide bonds. The minimum atomic E-state index is 0.173. The monoisotopic (exact) mass is 498 g/mol. The third-order valence-corrected chi connectivity index (χ3v) is 7.33. The fourth-order valence-electron chi connectivity index (χ4n) is 5.35. The van der Waals surface area contributed by atoms with Crippen molar-refractivity contribution in [1.82, 2.24) is 34.8 Å². The van der Waals surface area contributed by atoms with Gasteiger partial charge in [0.15, 0.2) is 0 Å². The first-order chi connectivity index (χ1) is 18.0. The Balaban J connectivity index is 1.08. The van der Waals surface area contributed by atoms with Gasteiger partial charge in [-0.2, -0.15) is 5.10 Å². The molecule has 2 aliphatic rings. The number of fused-ring (bicyclic) bond motifs is 1. The summed E-state index contributed by atoms with van der Waals surface area (Å²) in [4.78, 5) is 24.6. The van der Waals surface area contributed by atoms with Crippen LogP contribution in [0.25, 0.3) is 17.1 Å². The minimum absolute atomic E-state index is 0.173. The van der Waals surface area contributed by atoms with E-state index >= 15 is 0 Å². The van der Waals surface area contributed by atoms with Gasteiger partial charge in [0, 0.05) is 62.6 Å². The second-order valence-corrected chi connectivity index (χ2v) is 9.87. The zero-order valence-electron chi connectivity index (χ0n) is 21.1. The summed E-state index contributed by atoms with van der Waals surface area (Å²) >= 11 is 0. The molecule has 1 fully saturated rings. The van der Waals surface area contributed by atoms with E-state index in [0.29, 0.717) is 25.5 Å². The number of hydrogen-bond donors (Lipinski definition) is 0. The number of carbonyl (C=O) groups excluding carboxylic acids is 1. The van der Waals surface area contributed by atoms with Crippen LogP contribution in [0.15, 0.2) is 65.7 Å². The molecule has 0 radical (unpaired) electrons. The number of aromatic nitrogens is 5. The maximum absolute atomic E-state index is 13.4. The number of anilines is 1. The molecule has 37 heavy (non-hydrogen) atoms. The van der Waals surface area contributed by atoms with Gasteiger partial charge in [-0.25, -0.2) is 9.67 Å². The summed E-state index contributed by atoms with van der Waals surface area (Å²) < 4.78 is 7.18. The van der Waals surface area contributed by atoms with E-state index in [4.69, 9.17) is 9.52 Å². The van der Waals surface area contributed by atoms with E-state index in [1.165, 1.54) is 6.39 Å². The molecule has 4 aromatic rings. The quantitative estimate of drug-likeness (QED) is 0.415. The van der Waals surface area contributed by atoms with Crippen molar-refractivity contribution in [3.63, 3.8) is 0 Å². The highest BCUT2D eigenvalue weighted by Crippen LogP contribution is 2.25. The molecule has 5 heterocycles. The molecule has 0 saturated carbocycles. The Morgan fingerprint density at radius 2 is 1.89 bits per heavy atom. The number of carbonyl (C=O) groups is 1. The average Bonchev–Trinajstić information content (AvgIpc) is 3.61. The Morgan fingerprint density at radius 1 is 1.08 bits per heavy atom. The van der Waals surface area contributed by atoms with Crippen molar-refractivity contribution < 1.29 is 9.21 Å². The average molecular weight is 499 g/mol. The highest BCUT2D eigenvalue weighted by Gasteiger charge is 2.33. The van der Waals surface area contributed by atoms with Gasteiger partial charge in [0.25, 0.3) is 0 Å². The van der Waals surface area contributed by atoms with Gasteiger partial charge < -0.3 is 14.2 Å². The Labute approximate surface area is 215 Å². The molecule has 0 aliphatic carbocycles. The number of rotatable bonds is 5. The third-order valence-electron chi connectivity index (χ3n) is 7.33. The van der Waals surface area contributed by atoms with Crippen LogP contribution in [-0.4, -0.2) is 78.9 Å². The van der Waals surface area contributed by atoms with Crippen molar-refractivity contribution in [2.45, 2.75) is 38.9 Å². The number of hydrogen-bond acceptors (Lipinski definition) is 8. The maximum atomic E-state index is 13.4. The largest absolute Gasteiger partial charge is 0.423 e. The lowest BCUT2D eigenvalue weighted by Crippen LogP contribution is -2.59. The van der Waals surface area contributed by atoms with Crippen molar-refractivity contribution in [3.8, 4) is 17.1 Å². The predicted octanol–water partition coefficient (Wildman–Crippen LogP) is 2.80. The predicted molar refractivity (Wildman–Crippen MR) is 138 cm³/mol. The van der Waals surface area contributed by atoms with Crippen LogP contribution in [0.3, 0.4) is 0 Å². The highest BCUT2D eigenvalue weighted by molar-refractivity contribution is 5.78. The summed E-state index contributed by atoms with van der Waals surface area (Å²) in [5.41, 5.74) is 4.05. The Hall–Kier alpha value is -4.05. The number of nitrogens with zero attached hydrogens (tertiary/aromatic N) is 8. The number of amides is 1. The topological polar surface area (TPSA) is 96.4 Å². The van der Waals surface area contributed by atoms with Crippen LogP contribution in [0.1, 0.15) is 25.1 Å². The van der Waals surface area contributed by atoms with Crippen molar-refractivity contribution in [2.75, 3.05) is 31.1 Å². The minimum Gasteiger partial charge on any atom is -0.423 e. The van der Waals surface area contributed by atoms with E-state index in [9.17, 15) is 4.79 Å². The molecule has 190 valence electrons. The first kappa shape index (κ1) is 23.4. The summed E-state index contributed by atoms with van der Waals surface area (Å²) in [6.45, 7) is 7.71. The van der Waals surface area contributed by atoms with Gasteiger partial charge >= 0.3 is 0 Å². The van der Waals surface area contributed by atoms with Gasteiger partial charge in [-0.3, -0.25) is 9.69 Å². The lowest BCUT2D eigenvalue weighted by Gasteiger charge is -2.45. The Morgan fingerprint density at radius 3 is 2.59 bits per heavy atom. The number of benzene rings is 1. The normalized spacial score (nSPS) is 20.2. The summed E-state index contributed by atoms with van der Waals surface area (Å²) in [5, 5.41) is 12.4. The second-order valence-electron chi connectivity index (χ2n) is 9.87. The van der Waals surface area contributed by atoms with Gasteiger partial charge in [0.05, 0.1) is 23.5 Å². The first-order valence-electron chi connectivity index (χ1n) is 12.7. The summed E-state index contributed by atoms with van der Waals surface area (Å²) in [6, 6.07) is 14.5. The molecule has 0 bridgehead atoms. The fraction of sp³-hybridized carbons (Fsp3) is 0.370. The van der Waals surface area contributed by atoms with Crippen LogP contribution in [-0.2, 0) is 17.8 Å². The standard InChI is InChI=1S/C27H30N8O2/c1-19-13-33(25-9-8-21(12-28-25)27-30-29-18-37-27)14-20(2)34(19)17-26(36)32-11-10-24-22(15-32)16-35(31-24)23-6-4-3-5-7-23/h3-9,12,16,18-20H,10-11,13-15,17H2,1-2H3. The molecule has 6 rings (SSSR count). The van der Waals surface area contributed by atoms with Crippen molar-refractivity contribution >= 4 is 11.7 Å². The van der Waals surface area contributed by atoms with E-state index in [2.05, 4.69) is 45.0 Å². The number of pyridine rings is 1. The molecule has 0 N–H and O–H groups in total. The van der Waals surface area contributed by atoms with Crippen LogP contribution in [0, 0.1) is 0 Å². The van der Waals surface area contributed by atoms with E-state index in [1.807, 2.05) is 52.0 Å². The van der Waals surface area contributed by atoms with Gasteiger partial charge in [0.2, 0.25) is 18.2 Å². The van der Waals surface area contributed by atoms with E-state index < -0.39 is 0 Å². The molecule has 2 atom stereocenters. The molecule has 1 saturated heterocycles. The third kappa shape index (κ3) is 4.72. The maximum Gasteiger partial charge on any atom is 0.248 e. The Kier molecular flexibility index (Phi) is 6.17. The highest BCUT2D eigenvalue weighted by atomic mass is 16.4. The van der Waals surface area contributed by atoms with Crippen LogP contribution >= 0.6 is 0 Å². The number of para-hydroxylation sites is 1. The molecule has 10 heteroatoms. The molecular formula is C27H30N8O2. The molecule has 2 unspecified atom stereocenters. The summed E-state index contributed by atoms with van der Waals surface area (Å²) in [7, 11) is 0. The van der Waals surface area contributed by atoms with Crippen LogP contribution in [0.5, 0.6) is 0 Å². The van der Waals surface area contributed by atoms with E-state index in [0.717, 1.165) is 47.8 Å². The molecule has 2 aliphatic heterocycles. The van der Waals surface area contributed by atoms with Gasteiger partial charge in [-0.05, 0) is 38.1 Å². The van der Waals surface area contributed by atoms with E-state index in [1.54, 1.807) is 6.20 Å². The lowest BCUT2D eigenvalue weighted by molar-refractivity contribution is -0.134. The zero-order valence-corrected chi connectivity index (χ0v) is 21.1. The van der Waals surface area contributed by atoms with Crippen LogP contribution in [0.4, 0.5) is 5.82 Å². The smallest absolute Gasteiger partial charge is 0.248 e. The first-order valence-corrected chi connectivity index (χ1v) is 12.7. The molecule has 10 nitrogen and oxygen atoms in total. The Bertz CT molecular complexity index is 1340. The van der Waals surface area contributed by atoms with Crippen molar-refractivity contribution in [3.05, 3.63) is 72.5 Å².